The first-order chi connectivity index (χ1) is 5.79. The molecule has 0 aromatic carbocycles. The Labute approximate surface area is 74.8 Å². The maximum absolute atomic E-state index is 5.65. The zero-order valence-electron chi connectivity index (χ0n) is 8.05. The summed E-state index contributed by atoms with van der Waals surface area (Å²) in [5, 5.41) is 0. The summed E-state index contributed by atoms with van der Waals surface area (Å²) in [5.74, 6) is 0.692. The molecule has 1 aliphatic heterocycles. The summed E-state index contributed by atoms with van der Waals surface area (Å²) in [4.78, 5) is 0. The summed E-state index contributed by atoms with van der Waals surface area (Å²) in [6, 6.07) is 0. The van der Waals surface area contributed by atoms with Crippen molar-refractivity contribution in [3.63, 3.8) is 0 Å². The smallest absolute Gasteiger partial charge is 0.105 e. The molecule has 0 radical (unpaired) electrons. The van der Waals surface area contributed by atoms with Gasteiger partial charge in [-0.05, 0) is 37.2 Å². The number of ether oxygens (including phenoxy) is 1. The molecule has 12 heavy (non-hydrogen) atoms. The summed E-state index contributed by atoms with van der Waals surface area (Å²) in [6.45, 7) is 4.49. The third-order valence-electron chi connectivity index (χ3n) is 2.87. The van der Waals surface area contributed by atoms with Crippen LogP contribution in [0.15, 0.2) is 11.6 Å². The lowest BCUT2D eigenvalue weighted by atomic mass is 9.93. The van der Waals surface area contributed by atoms with Crippen LogP contribution in [0.3, 0.4) is 0 Å². The van der Waals surface area contributed by atoms with Crippen molar-refractivity contribution in [3.8, 4) is 0 Å². The van der Waals surface area contributed by atoms with E-state index in [2.05, 4.69) is 19.9 Å². The van der Waals surface area contributed by atoms with Gasteiger partial charge in [0.15, 0.2) is 0 Å². The van der Waals surface area contributed by atoms with Crippen molar-refractivity contribution in [3.05, 3.63) is 11.6 Å². The van der Waals surface area contributed by atoms with E-state index in [1.54, 1.807) is 5.57 Å². The third-order valence-corrected chi connectivity index (χ3v) is 2.87. The Hall–Kier alpha value is -0.300. The van der Waals surface area contributed by atoms with E-state index in [9.17, 15) is 0 Å². The van der Waals surface area contributed by atoms with Crippen LogP contribution >= 0.6 is 0 Å². The molecule has 2 atom stereocenters. The average Bonchev–Trinajstić information content (AvgIpc) is 2.84. The fourth-order valence-electron chi connectivity index (χ4n) is 2.05. The van der Waals surface area contributed by atoms with Gasteiger partial charge in [-0.3, -0.25) is 0 Å². The average molecular weight is 166 g/mol. The van der Waals surface area contributed by atoms with Gasteiger partial charge in [-0.2, -0.15) is 0 Å². The number of allylic oxidation sites excluding steroid dienone is 1. The summed E-state index contributed by atoms with van der Waals surface area (Å²) < 4.78 is 5.65. The Morgan fingerprint density at radius 1 is 1.42 bits per heavy atom. The van der Waals surface area contributed by atoms with Crippen LogP contribution in [0.5, 0.6) is 0 Å². The summed E-state index contributed by atoms with van der Waals surface area (Å²) in [6.07, 6.45) is 8.75. The van der Waals surface area contributed by atoms with Crippen LogP contribution in [0.2, 0.25) is 0 Å². The molecule has 0 bridgehead atoms. The highest BCUT2D eigenvalue weighted by Gasteiger charge is 2.43. The quantitative estimate of drug-likeness (QED) is 0.454. The Bertz CT molecular complexity index is 193. The van der Waals surface area contributed by atoms with Crippen molar-refractivity contribution >= 4 is 0 Å². The van der Waals surface area contributed by atoms with Gasteiger partial charge in [-0.1, -0.05) is 19.9 Å². The summed E-state index contributed by atoms with van der Waals surface area (Å²) in [5.41, 5.74) is 1.58. The molecule has 0 aromatic rings. The molecule has 2 rings (SSSR count). The van der Waals surface area contributed by atoms with Crippen LogP contribution in [-0.2, 0) is 4.74 Å². The van der Waals surface area contributed by atoms with Crippen molar-refractivity contribution in [2.45, 2.75) is 51.7 Å². The molecule has 0 amide bonds. The van der Waals surface area contributed by atoms with Crippen molar-refractivity contribution in [2.75, 3.05) is 0 Å². The van der Waals surface area contributed by atoms with Crippen LogP contribution in [0, 0.1) is 5.92 Å². The highest BCUT2D eigenvalue weighted by molar-refractivity contribution is 5.19. The molecule has 1 heterocycles. The first-order valence-corrected chi connectivity index (χ1v) is 5.13. The van der Waals surface area contributed by atoms with Gasteiger partial charge in [0.25, 0.3) is 0 Å². The molecule has 68 valence electrons. The van der Waals surface area contributed by atoms with Gasteiger partial charge in [-0.25, -0.2) is 0 Å². The molecule has 1 aliphatic carbocycles. The minimum absolute atomic E-state index is 0.505. The number of hydrogen-bond donors (Lipinski definition) is 0. The van der Waals surface area contributed by atoms with E-state index in [-0.39, 0.29) is 0 Å². The number of rotatable bonds is 2. The first kappa shape index (κ1) is 8.31. The SMILES string of the molecule is CC(C)C1OC1C1=CCCCC1. The Morgan fingerprint density at radius 3 is 2.75 bits per heavy atom. The summed E-state index contributed by atoms with van der Waals surface area (Å²) >= 11 is 0. The molecular formula is C11H18O. The Kier molecular flexibility index (Phi) is 2.22. The van der Waals surface area contributed by atoms with E-state index in [1.807, 2.05) is 0 Å². The van der Waals surface area contributed by atoms with Gasteiger partial charge in [0, 0.05) is 0 Å². The van der Waals surface area contributed by atoms with Gasteiger partial charge >= 0.3 is 0 Å². The zero-order valence-corrected chi connectivity index (χ0v) is 8.05. The zero-order chi connectivity index (χ0) is 8.55. The Balaban J connectivity index is 1.91. The van der Waals surface area contributed by atoms with E-state index in [4.69, 9.17) is 4.74 Å². The second kappa shape index (κ2) is 3.21. The van der Waals surface area contributed by atoms with Crippen molar-refractivity contribution < 1.29 is 4.74 Å². The minimum Gasteiger partial charge on any atom is -0.365 e. The lowest BCUT2D eigenvalue weighted by Crippen LogP contribution is -2.06. The molecule has 2 unspecified atom stereocenters. The third kappa shape index (κ3) is 1.56. The molecule has 2 aliphatic rings. The topological polar surface area (TPSA) is 12.5 Å². The molecule has 0 spiro atoms. The first-order valence-electron chi connectivity index (χ1n) is 5.13. The lowest BCUT2D eigenvalue weighted by molar-refractivity contribution is 0.340. The molecule has 1 fully saturated rings. The molecule has 1 saturated heterocycles. The van der Waals surface area contributed by atoms with Gasteiger partial charge < -0.3 is 4.74 Å². The maximum atomic E-state index is 5.65. The molecule has 0 aromatic heterocycles. The van der Waals surface area contributed by atoms with Crippen LogP contribution in [0.4, 0.5) is 0 Å². The predicted molar refractivity (Wildman–Crippen MR) is 50.1 cm³/mol. The highest BCUT2D eigenvalue weighted by atomic mass is 16.6. The largest absolute Gasteiger partial charge is 0.365 e. The van der Waals surface area contributed by atoms with Crippen LogP contribution in [0.25, 0.3) is 0 Å². The molecule has 1 nitrogen and oxygen atoms in total. The van der Waals surface area contributed by atoms with E-state index in [0.717, 1.165) is 0 Å². The van der Waals surface area contributed by atoms with Crippen molar-refractivity contribution in [2.24, 2.45) is 5.92 Å². The van der Waals surface area contributed by atoms with Gasteiger partial charge in [0.05, 0.1) is 6.10 Å². The second-order valence-corrected chi connectivity index (χ2v) is 4.29. The van der Waals surface area contributed by atoms with E-state index >= 15 is 0 Å². The Morgan fingerprint density at radius 2 is 2.25 bits per heavy atom. The molecule has 1 heteroatoms. The molecular weight excluding hydrogens is 148 g/mol. The van der Waals surface area contributed by atoms with Crippen LogP contribution in [-0.4, -0.2) is 12.2 Å². The number of hydrogen-bond acceptors (Lipinski definition) is 1. The van der Waals surface area contributed by atoms with E-state index in [0.29, 0.717) is 18.1 Å². The monoisotopic (exact) mass is 166 g/mol. The predicted octanol–water partition coefficient (Wildman–Crippen LogP) is 2.91. The number of epoxide rings is 1. The fourth-order valence-corrected chi connectivity index (χ4v) is 2.05. The van der Waals surface area contributed by atoms with Gasteiger partial charge in [0.2, 0.25) is 0 Å². The molecule has 0 saturated carbocycles. The van der Waals surface area contributed by atoms with Crippen molar-refractivity contribution in [1.29, 1.82) is 0 Å². The molecule has 0 N–H and O–H groups in total. The van der Waals surface area contributed by atoms with E-state index in [1.165, 1.54) is 25.7 Å². The van der Waals surface area contributed by atoms with Gasteiger partial charge in [0.1, 0.15) is 6.10 Å². The van der Waals surface area contributed by atoms with Crippen LogP contribution in [0.1, 0.15) is 39.5 Å². The van der Waals surface area contributed by atoms with Crippen LogP contribution < -0.4 is 0 Å². The van der Waals surface area contributed by atoms with E-state index < -0.39 is 0 Å². The summed E-state index contributed by atoms with van der Waals surface area (Å²) in [7, 11) is 0. The normalized spacial score (nSPS) is 35.1. The van der Waals surface area contributed by atoms with Gasteiger partial charge in [-0.15, -0.1) is 0 Å². The lowest BCUT2D eigenvalue weighted by Gasteiger charge is -2.10. The fraction of sp³-hybridized carbons (Fsp3) is 0.818. The second-order valence-electron chi connectivity index (χ2n) is 4.29. The standard InChI is InChI=1S/C11H18O/c1-8(2)10-11(12-10)9-6-4-3-5-7-9/h6,8,10-11H,3-5,7H2,1-2H3. The maximum Gasteiger partial charge on any atom is 0.105 e. The minimum atomic E-state index is 0.505. The highest BCUT2D eigenvalue weighted by Crippen LogP contribution is 2.38. The van der Waals surface area contributed by atoms with Crippen molar-refractivity contribution in [1.82, 2.24) is 0 Å².